The van der Waals surface area contributed by atoms with Crippen LogP contribution in [-0.4, -0.2) is 6.29 Å². The summed E-state index contributed by atoms with van der Waals surface area (Å²) in [7, 11) is 0. The maximum atomic E-state index is 10.8. The molecule has 0 atom stereocenters. The second kappa shape index (κ2) is 3.88. The first kappa shape index (κ1) is 8.70. The van der Waals surface area contributed by atoms with Crippen molar-refractivity contribution in [2.24, 2.45) is 0 Å². The van der Waals surface area contributed by atoms with E-state index in [1.165, 1.54) is 0 Å². The van der Waals surface area contributed by atoms with E-state index < -0.39 is 0 Å². The van der Waals surface area contributed by atoms with Crippen LogP contribution < -0.4 is 0 Å². The van der Waals surface area contributed by atoms with Crippen molar-refractivity contribution in [1.29, 1.82) is 0 Å². The quantitative estimate of drug-likeness (QED) is 0.652. The first-order valence-corrected chi connectivity index (χ1v) is 4.51. The maximum absolute atomic E-state index is 10.8. The number of rotatable bonds is 2. The van der Waals surface area contributed by atoms with Gasteiger partial charge in [-0.3, -0.25) is 4.79 Å². The molecular formula is C13H10O. The Kier molecular flexibility index (Phi) is 2.41. The van der Waals surface area contributed by atoms with Gasteiger partial charge in [-0.1, -0.05) is 54.6 Å². The van der Waals surface area contributed by atoms with Gasteiger partial charge in [0.2, 0.25) is 0 Å². The van der Waals surface area contributed by atoms with E-state index >= 15 is 0 Å². The fourth-order valence-corrected chi connectivity index (χ4v) is 1.48. The SMILES string of the molecule is O=Cc1ccccc1-c1ccccc1. The second-order valence-corrected chi connectivity index (χ2v) is 3.07. The fourth-order valence-electron chi connectivity index (χ4n) is 1.48. The topological polar surface area (TPSA) is 17.1 Å². The highest BCUT2D eigenvalue weighted by molar-refractivity contribution is 5.87. The summed E-state index contributed by atoms with van der Waals surface area (Å²) in [5.74, 6) is 0. The van der Waals surface area contributed by atoms with Crippen LogP contribution in [0.4, 0.5) is 0 Å². The van der Waals surface area contributed by atoms with Crippen molar-refractivity contribution in [3.63, 3.8) is 0 Å². The molecular weight excluding hydrogens is 172 g/mol. The summed E-state index contributed by atoms with van der Waals surface area (Å²) < 4.78 is 0. The Hall–Kier alpha value is -1.89. The Balaban J connectivity index is 2.57. The van der Waals surface area contributed by atoms with Crippen molar-refractivity contribution in [3.05, 3.63) is 60.2 Å². The van der Waals surface area contributed by atoms with E-state index in [1.807, 2.05) is 54.6 Å². The van der Waals surface area contributed by atoms with Crippen LogP contribution in [0.15, 0.2) is 54.6 Å². The van der Waals surface area contributed by atoms with E-state index in [2.05, 4.69) is 0 Å². The number of carbonyl (C=O) groups excluding carboxylic acids is 1. The lowest BCUT2D eigenvalue weighted by Gasteiger charge is -2.03. The largest absolute Gasteiger partial charge is 0.298 e. The van der Waals surface area contributed by atoms with Gasteiger partial charge in [0.25, 0.3) is 0 Å². The standard InChI is InChI=1S/C13H10O/c14-10-12-8-4-5-9-13(12)11-6-2-1-3-7-11/h1-10H. The maximum Gasteiger partial charge on any atom is 0.150 e. The lowest BCUT2D eigenvalue weighted by atomic mass is 10.0. The Morgan fingerprint density at radius 1 is 0.786 bits per heavy atom. The van der Waals surface area contributed by atoms with Crippen LogP contribution in [0.1, 0.15) is 10.4 Å². The van der Waals surface area contributed by atoms with Gasteiger partial charge in [0, 0.05) is 5.56 Å². The Bertz CT molecular complexity index is 432. The van der Waals surface area contributed by atoms with Gasteiger partial charge in [-0.2, -0.15) is 0 Å². The summed E-state index contributed by atoms with van der Waals surface area (Å²) in [5, 5.41) is 0. The number of hydrogen-bond donors (Lipinski definition) is 0. The van der Waals surface area contributed by atoms with Crippen LogP contribution >= 0.6 is 0 Å². The zero-order valence-corrected chi connectivity index (χ0v) is 7.68. The highest BCUT2D eigenvalue weighted by Gasteiger charge is 2.01. The molecule has 0 radical (unpaired) electrons. The van der Waals surface area contributed by atoms with Gasteiger partial charge >= 0.3 is 0 Å². The summed E-state index contributed by atoms with van der Waals surface area (Å²) >= 11 is 0. The minimum absolute atomic E-state index is 0.735. The van der Waals surface area contributed by atoms with Crippen LogP contribution in [-0.2, 0) is 0 Å². The average molecular weight is 182 g/mol. The van der Waals surface area contributed by atoms with Crippen LogP contribution in [0, 0.1) is 0 Å². The van der Waals surface area contributed by atoms with Gasteiger partial charge in [0.05, 0.1) is 0 Å². The number of aldehydes is 1. The van der Waals surface area contributed by atoms with Crippen molar-refractivity contribution in [1.82, 2.24) is 0 Å². The zero-order valence-electron chi connectivity index (χ0n) is 7.68. The number of carbonyl (C=O) groups is 1. The van der Waals surface area contributed by atoms with Crippen molar-refractivity contribution in [2.45, 2.75) is 0 Å². The van der Waals surface area contributed by atoms with E-state index in [0.29, 0.717) is 0 Å². The molecule has 0 N–H and O–H groups in total. The van der Waals surface area contributed by atoms with Gasteiger partial charge < -0.3 is 0 Å². The van der Waals surface area contributed by atoms with Crippen LogP contribution in [0.3, 0.4) is 0 Å². The second-order valence-electron chi connectivity index (χ2n) is 3.07. The van der Waals surface area contributed by atoms with E-state index in [0.717, 1.165) is 23.0 Å². The third-order valence-electron chi connectivity index (χ3n) is 2.17. The molecule has 0 heterocycles. The molecule has 0 aliphatic carbocycles. The predicted molar refractivity (Wildman–Crippen MR) is 57.3 cm³/mol. The smallest absolute Gasteiger partial charge is 0.150 e. The van der Waals surface area contributed by atoms with Crippen LogP contribution in [0.25, 0.3) is 11.1 Å². The van der Waals surface area contributed by atoms with Gasteiger partial charge in [-0.15, -0.1) is 0 Å². The molecule has 1 nitrogen and oxygen atoms in total. The summed E-state index contributed by atoms with van der Waals surface area (Å²) in [4.78, 5) is 10.8. The van der Waals surface area contributed by atoms with Gasteiger partial charge in [-0.25, -0.2) is 0 Å². The molecule has 0 unspecified atom stereocenters. The highest BCUT2D eigenvalue weighted by atomic mass is 16.1. The van der Waals surface area contributed by atoms with Gasteiger partial charge in [-0.05, 0) is 11.1 Å². The molecule has 0 saturated heterocycles. The predicted octanol–water partition coefficient (Wildman–Crippen LogP) is 3.17. The van der Waals surface area contributed by atoms with Crippen LogP contribution in [0.2, 0.25) is 0 Å². The van der Waals surface area contributed by atoms with E-state index in [9.17, 15) is 4.79 Å². The molecule has 68 valence electrons. The summed E-state index contributed by atoms with van der Waals surface area (Å²) in [6.45, 7) is 0. The lowest BCUT2D eigenvalue weighted by molar-refractivity contribution is 0.112. The third-order valence-corrected chi connectivity index (χ3v) is 2.17. The fraction of sp³-hybridized carbons (Fsp3) is 0. The molecule has 2 rings (SSSR count). The lowest BCUT2D eigenvalue weighted by Crippen LogP contribution is -1.85. The molecule has 14 heavy (non-hydrogen) atoms. The monoisotopic (exact) mass is 182 g/mol. The summed E-state index contributed by atoms with van der Waals surface area (Å²) in [6.07, 6.45) is 0.891. The number of hydrogen-bond acceptors (Lipinski definition) is 1. The molecule has 0 amide bonds. The minimum Gasteiger partial charge on any atom is -0.298 e. The summed E-state index contributed by atoms with van der Waals surface area (Å²) in [5.41, 5.74) is 2.80. The average Bonchev–Trinajstić information content (AvgIpc) is 2.30. The first-order valence-electron chi connectivity index (χ1n) is 4.51. The van der Waals surface area contributed by atoms with Crippen molar-refractivity contribution < 1.29 is 4.79 Å². The third kappa shape index (κ3) is 1.57. The van der Waals surface area contributed by atoms with Crippen molar-refractivity contribution in [2.75, 3.05) is 0 Å². The van der Waals surface area contributed by atoms with Crippen molar-refractivity contribution in [3.8, 4) is 11.1 Å². The first-order chi connectivity index (χ1) is 6.92. The molecule has 0 spiro atoms. The Labute approximate surface area is 83.0 Å². The molecule has 0 aliphatic heterocycles. The highest BCUT2D eigenvalue weighted by Crippen LogP contribution is 2.21. The molecule has 0 aromatic heterocycles. The summed E-state index contributed by atoms with van der Waals surface area (Å²) in [6, 6.07) is 17.5. The van der Waals surface area contributed by atoms with Crippen molar-refractivity contribution >= 4 is 6.29 Å². The van der Waals surface area contributed by atoms with Gasteiger partial charge in [0.15, 0.2) is 6.29 Å². The van der Waals surface area contributed by atoms with Crippen LogP contribution in [0.5, 0.6) is 0 Å². The molecule has 0 saturated carbocycles. The number of benzene rings is 2. The normalized spacial score (nSPS) is 9.71. The molecule has 2 aromatic rings. The molecule has 0 aliphatic rings. The van der Waals surface area contributed by atoms with E-state index in [1.54, 1.807) is 0 Å². The van der Waals surface area contributed by atoms with E-state index in [-0.39, 0.29) is 0 Å². The molecule has 2 aromatic carbocycles. The Morgan fingerprint density at radius 3 is 2.14 bits per heavy atom. The molecule has 0 bridgehead atoms. The Morgan fingerprint density at radius 2 is 1.43 bits per heavy atom. The molecule has 0 fully saturated rings. The van der Waals surface area contributed by atoms with E-state index in [4.69, 9.17) is 0 Å². The molecule has 1 heteroatoms. The van der Waals surface area contributed by atoms with Gasteiger partial charge in [0.1, 0.15) is 0 Å². The zero-order chi connectivity index (χ0) is 9.80. The minimum atomic E-state index is 0.735.